The minimum absolute atomic E-state index is 0.175. The van der Waals surface area contributed by atoms with Crippen LogP contribution in [-0.4, -0.2) is 51.2 Å². The van der Waals surface area contributed by atoms with E-state index in [2.05, 4.69) is 49.1 Å². The number of hydrogen-bond donors (Lipinski definition) is 0. The number of anilines is 1. The van der Waals surface area contributed by atoms with E-state index >= 15 is 0 Å². The molecular weight excluding hydrogens is 415 g/mol. The quantitative estimate of drug-likeness (QED) is 0.449. The molecule has 0 aliphatic carbocycles. The van der Waals surface area contributed by atoms with Crippen molar-refractivity contribution in [2.24, 2.45) is 0 Å². The number of aryl methyl sites for hydroxylation is 1. The molecule has 4 aromatic rings. The maximum atomic E-state index is 13.4. The summed E-state index contributed by atoms with van der Waals surface area (Å²) in [6, 6.07) is 15.7. The fraction of sp³-hybridized carbons (Fsp3) is 0.308. The van der Waals surface area contributed by atoms with E-state index in [1.165, 1.54) is 11.9 Å². The summed E-state index contributed by atoms with van der Waals surface area (Å²) in [5.74, 6) is 0.755. The van der Waals surface area contributed by atoms with Gasteiger partial charge >= 0.3 is 0 Å². The molecule has 0 atom stereocenters. The SMILES string of the molecule is Cc1cc(F)ccc1CN(C)C1CCN(c2nnc(-c3ccncn3)c3ccccc23)CC1. The highest BCUT2D eigenvalue weighted by Gasteiger charge is 2.25. The number of fused-ring (bicyclic) bond motifs is 1. The average molecular weight is 443 g/mol. The van der Waals surface area contributed by atoms with Crippen molar-refractivity contribution in [1.29, 1.82) is 0 Å². The minimum Gasteiger partial charge on any atom is -0.354 e. The fourth-order valence-corrected chi connectivity index (χ4v) is 4.70. The second kappa shape index (κ2) is 9.19. The summed E-state index contributed by atoms with van der Waals surface area (Å²) in [6.07, 6.45) is 5.34. The Morgan fingerprint density at radius 2 is 1.82 bits per heavy atom. The van der Waals surface area contributed by atoms with E-state index in [4.69, 9.17) is 0 Å². The first-order valence-electron chi connectivity index (χ1n) is 11.3. The standard InChI is InChI=1S/C26H27FN6/c1-18-15-20(27)8-7-19(18)16-32(2)21-10-13-33(14-11-21)26-23-6-4-3-5-22(23)25(30-31-26)24-9-12-28-17-29-24/h3-9,12,15,17,21H,10-11,13-14,16H2,1-2H3. The summed E-state index contributed by atoms with van der Waals surface area (Å²) in [7, 11) is 2.16. The van der Waals surface area contributed by atoms with Gasteiger partial charge in [0.25, 0.3) is 0 Å². The molecule has 0 bridgehead atoms. The highest BCUT2D eigenvalue weighted by Crippen LogP contribution is 2.32. The van der Waals surface area contributed by atoms with Crippen molar-refractivity contribution >= 4 is 16.6 Å². The van der Waals surface area contributed by atoms with Gasteiger partial charge in [-0.3, -0.25) is 4.90 Å². The lowest BCUT2D eigenvalue weighted by molar-refractivity contribution is 0.200. The van der Waals surface area contributed by atoms with E-state index in [1.54, 1.807) is 18.3 Å². The fourth-order valence-electron chi connectivity index (χ4n) is 4.70. The zero-order valence-electron chi connectivity index (χ0n) is 18.9. The molecule has 1 fully saturated rings. The highest BCUT2D eigenvalue weighted by molar-refractivity contribution is 5.99. The molecule has 33 heavy (non-hydrogen) atoms. The second-order valence-electron chi connectivity index (χ2n) is 8.72. The van der Waals surface area contributed by atoms with Crippen molar-refractivity contribution in [2.75, 3.05) is 25.0 Å². The van der Waals surface area contributed by atoms with Crippen LogP contribution in [0.2, 0.25) is 0 Å². The molecule has 3 heterocycles. The molecule has 1 saturated heterocycles. The number of rotatable bonds is 5. The summed E-state index contributed by atoms with van der Waals surface area (Å²) in [6.45, 7) is 4.64. The predicted molar refractivity (Wildman–Crippen MR) is 128 cm³/mol. The Hall–Kier alpha value is -3.45. The molecule has 0 radical (unpaired) electrons. The van der Waals surface area contributed by atoms with Gasteiger partial charge in [0.1, 0.15) is 17.8 Å². The zero-order valence-corrected chi connectivity index (χ0v) is 18.9. The van der Waals surface area contributed by atoms with Crippen molar-refractivity contribution in [2.45, 2.75) is 32.4 Å². The second-order valence-corrected chi connectivity index (χ2v) is 8.72. The largest absolute Gasteiger partial charge is 0.354 e. The van der Waals surface area contributed by atoms with Crippen LogP contribution in [0.4, 0.5) is 10.2 Å². The maximum absolute atomic E-state index is 13.4. The van der Waals surface area contributed by atoms with Gasteiger partial charge in [-0.05, 0) is 56.1 Å². The Labute approximate surface area is 193 Å². The van der Waals surface area contributed by atoms with Crippen LogP contribution < -0.4 is 4.90 Å². The molecule has 2 aromatic carbocycles. The Bertz CT molecular complexity index is 1250. The van der Waals surface area contributed by atoms with Gasteiger partial charge in [-0.1, -0.05) is 30.3 Å². The van der Waals surface area contributed by atoms with E-state index < -0.39 is 0 Å². The lowest BCUT2D eigenvalue weighted by Gasteiger charge is -2.37. The molecular formula is C26H27FN6. The average Bonchev–Trinajstić information content (AvgIpc) is 2.86. The van der Waals surface area contributed by atoms with Crippen molar-refractivity contribution in [1.82, 2.24) is 25.1 Å². The normalized spacial score (nSPS) is 14.8. The van der Waals surface area contributed by atoms with Crippen LogP contribution in [0, 0.1) is 12.7 Å². The first kappa shape index (κ1) is 21.4. The van der Waals surface area contributed by atoms with Gasteiger partial charge < -0.3 is 4.90 Å². The number of hydrogen-bond acceptors (Lipinski definition) is 6. The molecule has 168 valence electrons. The molecule has 0 spiro atoms. The molecule has 0 amide bonds. The van der Waals surface area contributed by atoms with Crippen LogP contribution in [0.25, 0.3) is 22.2 Å². The van der Waals surface area contributed by atoms with Crippen LogP contribution in [-0.2, 0) is 6.54 Å². The van der Waals surface area contributed by atoms with E-state index in [9.17, 15) is 4.39 Å². The van der Waals surface area contributed by atoms with Crippen molar-refractivity contribution < 1.29 is 4.39 Å². The van der Waals surface area contributed by atoms with Crippen LogP contribution in [0.5, 0.6) is 0 Å². The van der Waals surface area contributed by atoms with Gasteiger partial charge in [0.05, 0.1) is 5.69 Å². The lowest BCUT2D eigenvalue weighted by atomic mass is 10.0. The van der Waals surface area contributed by atoms with Gasteiger partial charge in [-0.2, -0.15) is 0 Å². The van der Waals surface area contributed by atoms with Crippen molar-refractivity contribution in [3.8, 4) is 11.4 Å². The van der Waals surface area contributed by atoms with Crippen molar-refractivity contribution in [3.63, 3.8) is 0 Å². The molecule has 6 nitrogen and oxygen atoms in total. The topological polar surface area (TPSA) is 58.0 Å². The van der Waals surface area contributed by atoms with Crippen LogP contribution >= 0.6 is 0 Å². The Kier molecular flexibility index (Phi) is 5.96. The van der Waals surface area contributed by atoms with E-state index in [0.29, 0.717) is 6.04 Å². The monoisotopic (exact) mass is 442 g/mol. The molecule has 1 aliphatic heterocycles. The lowest BCUT2D eigenvalue weighted by Crippen LogP contribution is -2.43. The maximum Gasteiger partial charge on any atom is 0.159 e. The first-order chi connectivity index (χ1) is 16.1. The molecule has 1 aliphatic rings. The molecule has 0 unspecified atom stereocenters. The summed E-state index contributed by atoms with van der Waals surface area (Å²) < 4.78 is 13.4. The Morgan fingerprint density at radius 3 is 2.55 bits per heavy atom. The Balaban J connectivity index is 1.32. The summed E-state index contributed by atoms with van der Waals surface area (Å²) in [5.41, 5.74) is 3.74. The Morgan fingerprint density at radius 1 is 1.03 bits per heavy atom. The van der Waals surface area contributed by atoms with Gasteiger partial charge in [0.2, 0.25) is 0 Å². The predicted octanol–water partition coefficient (Wildman–Crippen LogP) is 4.64. The van der Waals surface area contributed by atoms with E-state index in [1.807, 2.05) is 31.2 Å². The third-order valence-corrected chi connectivity index (χ3v) is 6.60. The number of benzene rings is 2. The zero-order chi connectivity index (χ0) is 22.8. The highest BCUT2D eigenvalue weighted by atomic mass is 19.1. The summed E-state index contributed by atoms with van der Waals surface area (Å²) in [4.78, 5) is 13.1. The number of halogens is 1. The van der Waals surface area contributed by atoms with E-state index in [0.717, 1.165) is 66.0 Å². The molecule has 5 rings (SSSR count). The van der Waals surface area contributed by atoms with E-state index in [-0.39, 0.29) is 5.82 Å². The minimum atomic E-state index is -0.175. The van der Waals surface area contributed by atoms with Crippen LogP contribution in [0.3, 0.4) is 0 Å². The number of nitrogens with zero attached hydrogens (tertiary/aromatic N) is 6. The third kappa shape index (κ3) is 4.41. The number of aromatic nitrogens is 4. The van der Waals surface area contributed by atoms with Gasteiger partial charge in [0.15, 0.2) is 5.82 Å². The van der Waals surface area contributed by atoms with Gasteiger partial charge in [-0.15, -0.1) is 10.2 Å². The smallest absolute Gasteiger partial charge is 0.159 e. The van der Waals surface area contributed by atoms with Gasteiger partial charge in [0, 0.05) is 42.6 Å². The number of piperidine rings is 1. The molecule has 0 saturated carbocycles. The first-order valence-corrected chi connectivity index (χ1v) is 11.3. The molecule has 7 heteroatoms. The molecule has 2 aromatic heterocycles. The molecule has 0 N–H and O–H groups in total. The summed E-state index contributed by atoms with van der Waals surface area (Å²) in [5, 5.41) is 11.3. The van der Waals surface area contributed by atoms with Crippen LogP contribution in [0.1, 0.15) is 24.0 Å². The van der Waals surface area contributed by atoms with Crippen LogP contribution in [0.15, 0.2) is 61.1 Å². The van der Waals surface area contributed by atoms with Gasteiger partial charge in [-0.25, -0.2) is 14.4 Å². The van der Waals surface area contributed by atoms with Crippen molar-refractivity contribution in [3.05, 3.63) is 78.0 Å². The summed E-state index contributed by atoms with van der Waals surface area (Å²) >= 11 is 0. The third-order valence-electron chi connectivity index (χ3n) is 6.60.